The largest absolute Gasteiger partial charge is 0.384 e. The number of nitrogens with two attached hydrogens (primary N) is 1. The van der Waals surface area contributed by atoms with Crippen molar-refractivity contribution in [2.75, 3.05) is 0 Å². The van der Waals surface area contributed by atoms with E-state index in [4.69, 9.17) is 11.1 Å². The lowest BCUT2D eigenvalue weighted by molar-refractivity contribution is 0.802. The van der Waals surface area contributed by atoms with E-state index in [0.717, 1.165) is 21.8 Å². The number of nitrogen functional groups attached to an aromatic ring is 1. The lowest BCUT2D eigenvalue weighted by Gasteiger charge is -2.20. The number of pyridine rings is 1. The Balaban J connectivity index is 3.30. The first-order valence-corrected chi connectivity index (χ1v) is 6.04. The molecule has 3 N–H and O–H groups in total. The van der Waals surface area contributed by atoms with Gasteiger partial charge in [-0.1, -0.05) is 20.8 Å². The Morgan fingerprint density at radius 3 is 2.38 bits per heavy atom. The van der Waals surface area contributed by atoms with Gasteiger partial charge in [-0.15, -0.1) is 11.8 Å². The summed E-state index contributed by atoms with van der Waals surface area (Å²) in [5.74, 6) is 0.0942. The first kappa shape index (κ1) is 13.0. The normalized spacial score (nSPS) is 11.6. The third-order valence-corrected chi connectivity index (χ3v) is 3.13. The van der Waals surface area contributed by atoms with Crippen molar-refractivity contribution < 1.29 is 0 Å². The van der Waals surface area contributed by atoms with Gasteiger partial charge in [0.2, 0.25) is 0 Å². The van der Waals surface area contributed by atoms with Crippen molar-refractivity contribution in [1.82, 2.24) is 4.98 Å². The van der Waals surface area contributed by atoms with Crippen molar-refractivity contribution in [3.05, 3.63) is 23.0 Å². The quantitative estimate of drug-likeness (QED) is 0.472. The highest BCUT2D eigenvalue weighted by Gasteiger charge is 2.18. The fourth-order valence-electron chi connectivity index (χ4n) is 1.53. The smallest absolute Gasteiger partial charge is 0.125 e. The van der Waals surface area contributed by atoms with E-state index in [-0.39, 0.29) is 10.6 Å². The highest BCUT2D eigenvalue weighted by Crippen LogP contribution is 2.35. The van der Waals surface area contributed by atoms with Gasteiger partial charge in [-0.25, -0.2) is 0 Å². The fraction of sp³-hybridized carbons (Fsp3) is 0.500. The predicted octanol–water partition coefficient (Wildman–Crippen LogP) is 2.87. The molecule has 4 heteroatoms. The number of aryl methyl sites for hydroxylation is 2. The molecule has 0 saturated heterocycles. The highest BCUT2D eigenvalue weighted by molar-refractivity contribution is 8.00. The number of thioether (sulfide) groups is 1. The Morgan fingerprint density at radius 1 is 1.38 bits per heavy atom. The summed E-state index contributed by atoms with van der Waals surface area (Å²) in [6.45, 7) is 10.3. The summed E-state index contributed by atoms with van der Waals surface area (Å²) in [7, 11) is 0. The summed E-state index contributed by atoms with van der Waals surface area (Å²) in [5.41, 5.74) is 8.18. The maximum atomic E-state index is 7.62. The summed E-state index contributed by atoms with van der Waals surface area (Å²) >= 11 is 1.72. The van der Waals surface area contributed by atoms with Crippen LogP contribution < -0.4 is 5.73 Å². The SMILES string of the molecule is Cc1cc(SC(C)(C)C)c(C(=N)N)c(C)n1. The number of amidine groups is 1. The van der Waals surface area contributed by atoms with Gasteiger partial charge in [0.1, 0.15) is 5.84 Å². The van der Waals surface area contributed by atoms with Crippen molar-refractivity contribution in [3.63, 3.8) is 0 Å². The average Bonchev–Trinajstić information content (AvgIpc) is 1.96. The molecule has 1 aromatic rings. The molecule has 0 unspecified atom stereocenters. The van der Waals surface area contributed by atoms with Crippen LogP contribution in [0.2, 0.25) is 0 Å². The number of rotatable bonds is 2. The zero-order valence-corrected chi connectivity index (χ0v) is 11.3. The van der Waals surface area contributed by atoms with Gasteiger partial charge in [-0.05, 0) is 19.9 Å². The summed E-state index contributed by atoms with van der Waals surface area (Å²) in [6.07, 6.45) is 0. The molecule has 3 nitrogen and oxygen atoms in total. The van der Waals surface area contributed by atoms with Gasteiger partial charge in [0.15, 0.2) is 0 Å². The molecule has 0 aromatic carbocycles. The zero-order chi connectivity index (χ0) is 12.5. The van der Waals surface area contributed by atoms with Crippen LogP contribution in [0, 0.1) is 19.3 Å². The molecule has 1 aromatic heterocycles. The predicted molar refractivity (Wildman–Crippen MR) is 70.3 cm³/mol. The molecule has 0 fully saturated rings. The monoisotopic (exact) mass is 237 g/mol. The van der Waals surface area contributed by atoms with Crippen LogP contribution >= 0.6 is 11.8 Å². The second kappa shape index (κ2) is 4.45. The Labute approximate surface area is 101 Å². The first-order chi connectivity index (χ1) is 7.20. The zero-order valence-electron chi connectivity index (χ0n) is 10.5. The van der Waals surface area contributed by atoms with Crippen molar-refractivity contribution >= 4 is 17.6 Å². The van der Waals surface area contributed by atoms with Gasteiger partial charge in [0.05, 0.1) is 5.56 Å². The molecule has 0 radical (unpaired) electrons. The van der Waals surface area contributed by atoms with E-state index in [9.17, 15) is 0 Å². The van der Waals surface area contributed by atoms with E-state index in [1.165, 1.54) is 0 Å². The molecule has 0 bridgehead atoms. The van der Waals surface area contributed by atoms with E-state index in [1.807, 2.05) is 19.9 Å². The maximum absolute atomic E-state index is 7.62. The van der Waals surface area contributed by atoms with E-state index in [1.54, 1.807) is 11.8 Å². The van der Waals surface area contributed by atoms with Gasteiger partial charge in [0, 0.05) is 21.0 Å². The van der Waals surface area contributed by atoms with Crippen LogP contribution in [0.25, 0.3) is 0 Å². The molecular formula is C12H19N3S. The third kappa shape index (κ3) is 3.23. The van der Waals surface area contributed by atoms with E-state index < -0.39 is 0 Å². The van der Waals surface area contributed by atoms with Crippen molar-refractivity contribution in [2.24, 2.45) is 5.73 Å². The number of hydrogen-bond donors (Lipinski definition) is 2. The number of aromatic nitrogens is 1. The molecule has 88 valence electrons. The molecular weight excluding hydrogens is 218 g/mol. The summed E-state index contributed by atoms with van der Waals surface area (Å²) in [6, 6.07) is 2.00. The lowest BCUT2D eigenvalue weighted by atomic mass is 10.1. The Hall–Kier alpha value is -1.03. The second-order valence-electron chi connectivity index (χ2n) is 4.85. The van der Waals surface area contributed by atoms with Crippen LogP contribution in [-0.2, 0) is 0 Å². The summed E-state index contributed by atoms with van der Waals surface area (Å²) < 4.78 is 0.102. The van der Waals surface area contributed by atoms with Crippen molar-refractivity contribution in [3.8, 4) is 0 Å². The minimum atomic E-state index is 0.0942. The van der Waals surface area contributed by atoms with Gasteiger partial charge in [-0.3, -0.25) is 10.4 Å². The van der Waals surface area contributed by atoms with Crippen molar-refractivity contribution in [2.45, 2.75) is 44.3 Å². The lowest BCUT2D eigenvalue weighted by Crippen LogP contribution is -2.17. The Bertz CT molecular complexity index is 419. The van der Waals surface area contributed by atoms with Crippen LogP contribution in [0.1, 0.15) is 37.7 Å². The first-order valence-electron chi connectivity index (χ1n) is 5.22. The molecule has 0 amide bonds. The maximum Gasteiger partial charge on any atom is 0.125 e. The molecule has 0 aliphatic rings. The topological polar surface area (TPSA) is 62.8 Å². The third-order valence-electron chi connectivity index (χ3n) is 1.98. The molecule has 0 spiro atoms. The van der Waals surface area contributed by atoms with Gasteiger partial charge < -0.3 is 5.73 Å². The molecule has 16 heavy (non-hydrogen) atoms. The molecule has 0 aliphatic heterocycles. The minimum absolute atomic E-state index is 0.0942. The molecule has 1 rings (SSSR count). The Morgan fingerprint density at radius 2 is 1.94 bits per heavy atom. The molecule has 0 saturated carbocycles. The van der Waals surface area contributed by atoms with E-state index >= 15 is 0 Å². The van der Waals surface area contributed by atoms with Crippen LogP contribution in [0.4, 0.5) is 0 Å². The van der Waals surface area contributed by atoms with Gasteiger partial charge in [0.25, 0.3) is 0 Å². The highest BCUT2D eigenvalue weighted by atomic mass is 32.2. The van der Waals surface area contributed by atoms with E-state index in [2.05, 4.69) is 25.8 Å². The van der Waals surface area contributed by atoms with Gasteiger partial charge >= 0.3 is 0 Å². The minimum Gasteiger partial charge on any atom is -0.384 e. The summed E-state index contributed by atoms with van der Waals surface area (Å²) in [5, 5.41) is 7.62. The fourth-order valence-corrected chi connectivity index (χ4v) is 2.78. The standard InChI is InChI=1S/C12H19N3S/c1-7-6-9(16-12(3,4)5)10(11(13)14)8(2)15-7/h6H,1-5H3,(H3,13,14). The van der Waals surface area contributed by atoms with Crippen LogP contribution in [-0.4, -0.2) is 15.6 Å². The van der Waals surface area contributed by atoms with Gasteiger partial charge in [-0.2, -0.15) is 0 Å². The van der Waals surface area contributed by atoms with Crippen molar-refractivity contribution in [1.29, 1.82) is 5.41 Å². The number of nitrogens with one attached hydrogen (secondary N) is 1. The summed E-state index contributed by atoms with van der Waals surface area (Å²) in [4.78, 5) is 5.40. The molecule has 0 aliphatic carbocycles. The number of hydrogen-bond acceptors (Lipinski definition) is 3. The van der Waals surface area contributed by atoms with Crippen LogP contribution in [0.5, 0.6) is 0 Å². The average molecular weight is 237 g/mol. The number of nitrogens with zero attached hydrogens (tertiary/aromatic N) is 1. The molecule has 0 atom stereocenters. The Kier molecular flexibility index (Phi) is 3.63. The van der Waals surface area contributed by atoms with Crippen LogP contribution in [0.15, 0.2) is 11.0 Å². The second-order valence-corrected chi connectivity index (χ2v) is 6.72. The molecule has 1 heterocycles. The van der Waals surface area contributed by atoms with E-state index in [0.29, 0.717) is 0 Å². The van der Waals surface area contributed by atoms with Crippen LogP contribution in [0.3, 0.4) is 0 Å².